The van der Waals surface area contributed by atoms with Crippen molar-refractivity contribution in [3.05, 3.63) is 200 Å². The Kier molecular flexibility index (Phi) is 7.44. The second kappa shape index (κ2) is 12.7. The van der Waals surface area contributed by atoms with Crippen LogP contribution in [0.5, 0.6) is 0 Å². The summed E-state index contributed by atoms with van der Waals surface area (Å²) in [5.74, 6) is 0. The molecule has 0 aliphatic rings. The number of hydrogen-bond donors (Lipinski definition) is 0. The van der Waals surface area contributed by atoms with E-state index in [4.69, 9.17) is 4.98 Å². The molecule has 0 atom stereocenters. The zero-order valence-corrected chi connectivity index (χ0v) is 29.4. The summed E-state index contributed by atoms with van der Waals surface area (Å²) in [6, 6.07) is 68.6. The van der Waals surface area contributed by atoms with Gasteiger partial charge < -0.3 is 0 Å². The predicted molar refractivity (Wildman–Crippen MR) is 226 cm³/mol. The highest BCUT2D eigenvalue weighted by atomic mass is 14.7. The van der Waals surface area contributed by atoms with Gasteiger partial charge in [-0.15, -0.1) is 0 Å². The van der Waals surface area contributed by atoms with Gasteiger partial charge in [-0.1, -0.05) is 181 Å². The molecule has 0 unspecified atom stereocenters. The quantitative estimate of drug-likeness (QED) is 0.166. The maximum absolute atomic E-state index is 4.98. The van der Waals surface area contributed by atoms with E-state index < -0.39 is 0 Å². The monoisotopic (exact) mass is 673 g/mol. The Morgan fingerprint density at radius 3 is 1.57 bits per heavy atom. The maximum atomic E-state index is 4.98. The Bertz CT molecular complexity index is 2940. The number of fused-ring (bicyclic) bond motifs is 4. The van der Waals surface area contributed by atoms with Crippen molar-refractivity contribution in [2.45, 2.75) is 6.92 Å². The minimum Gasteiger partial charge on any atom is -0.256 e. The van der Waals surface area contributed by atoms with Crippen molar-refractivity contribution in [1.82, 2.24) is 4.98 Å². The SMILES string of the molecule is Cc1ccc(-c2ccc(-c3c4ccccc4c(-c4cccc(-c5cccnc5-c5cccc6ccccc56)c4)c4ccccc34)c3ccccc23)cc1. The van der Waals surface area contributed by atoms with E-state index in [9.17, 15) is 0 Å². The minimum absolute atomic E-state index is 0.993. The second-order valence-electron chi connectivity index (χ2n) is 13.9. The Balaban J connectivity index is 1.20. The number of nitrogens with zero attached hydrogens (tertiary/aromatic N) is 1. The van der Waals surface area contributed by atoms with Gasteiger partial charge in [-0.25, -0.2) is 0 Å². The molecule has 0 saturated carbocycles. The van der Waals surface area contributed by atoms with Crippen molar-refractivity contribution in [2.75, 3.05) is 0 Å². The fraction of sp³-hybridized carbons (Fsp3) is 0.0192. The predicted octanol–water partition coefficient (Wildman–Crippen LogP) is 14.3. The van der Waals surface area contributed by atoms with Gasteiger partial charge >= 0.3 is 0 Å². The van der Waals surface area contributed by atoms with E-state index >= 15 is 0 Å². The number of aromatic nitrogens is 1. The van der Waals surface area contributed by atoms with E-state index in [1.54, 1.807) is 0 Å². The Morgan fingerprint density at radius 1 is 0.321 bits per heavy atom. The molecular weight excluding hydrogens is 639 g/mol. The molecule has 1 nitrogen and oxygen atoms in total. The van der Waals surface area contributed by atoms with Crippen molar-refractivity contribution in [3.8, 4) is 55.8 Å². The number of benzene rings is 9. The van der Waals surface area contributed by atoms with Crippen molar-refractivity contribution in [2.24, 2.45) is 0 Å². The molecule has 0 radical (unpaired) electrons. The van der Waals surface area contributed by atoms with Crippen molar-refractivity contribution < 1.29 is 0 Å². The van der Waals surface area contributed by atoms with E-state index in [1.165, 1.54) is 82.0 Å². The first-order valence-electron chi connectivity index (χ1n) is 18.3. The highest BCUT2D eigenvalue weighted by Crippen LogP contribution is 2.47. The molecule has 0 spiro atoms. The fourth-order valence-corrected chi connectivity index (χ4v) is 8.36. The van der Waals surface area contributed by atoms with Crippen LogP contribution in [-0.4, -0.2) is 4.98 Å². The summed E-state index contributed by atoms with van der Waals surface area (Å²) >= 11 is 0. The van der Waals surface area contributed by atoms with Crippen LogP contribution < -0.4 is 0 Å². The zero-order chi connectivity index (χ0) is 35.3. The van der Waals surface area contributed by atoms with Crippen LogP contribution in [-0.2, 0) is 0 Å². The number of aryl methyl sites for hydroxylation is 1. The molecule has 0 N–H and O–H groups in total. The van der Waals surface area contributed by atoms with Gasteiger partial charge in [0.05, 0.1) is 5.69 Å². The molecule has 0 fully saturated rings. The van der Waals surface area contributed by atoms with Gasteiger partial charge in [0.15, 0.2) is 0 Å². The van der Waals surface area contributed by atoms with E-state index in [0.717, 1.165) is 22.4 Å². The van der Waals surface area contributed by atoms with Crippen molar-refractivity contribution in [1.29, 1.82) is 0 Å². The lowest BCUT2D eigenvalue weighted by Crippen LogP contribution is -1.93. The first-order valence-corrected chi connectivity index (χ1v) is 18.3. The average Bonchev–Trinajstić information content (AvgIpc) is 3.23. The average molecular weight is 674 g/mol. The van der Waals surface area contributed by atoms with Crippen molar-refractivity contribution in [3.63, 3.8) is 0 Å². The largest absolute Gasteiger partial charge is 0.256 e. The van der Waals surface area contributed by atoms with E-state index in [-0.39, 0.29) is 0 Å². The smallest absolute Gasteiger partial charge is 0.0786 e. The maximum Gasteiger partial charge on any atom is 0.0786 e. The third kappa shape index (κ3) is 5.21. The van der Waals surface area contributed by atoms with E-state index in [2.05, 4.69) is 189 Å². The summed E-state index contributed by atoms with van der Waals surface area (Å²) in [7, 11) is 0. The summed E-state index contributed by atoms with van der Waals surface area (Å²) in [5, 5.41) is 9.92. The lowest BCUT2D eigenvalue weighted by Gasteiger charge is -2.20. The first-order chi connectivity index (χ1) is 26.2. The molecule has 1 aromatic heterocycles. The van der Waals surface area contributed by atoms with Gasteiger partial charge in [0.2, 0.25) is 0 Å². The van der Waals surface area contributed by atoms with Gasteiger partial charge in [0.25, 0.3) is 0 Å². The highest BCUT2D eigenvalue weighted by Gasteiger charge is 2.20. The summed E-state index contributed by atoms with van der Waals surface area (Å²) in [6.07, 6.45) is 1.90. The first kappa shape index (κ1) is 30.9. The van der Waals surface area contributed by atoms with Crippen LogP contribution in [0, 0.1) is 6.92 Å². The standard InChI is InChI=1S/C52H35N/c1-34-26-28-36(29-27-34)40-30-31-48(43-19-5-4-18-42(40)43)51-46-22-8-6-20-44(46)50(45-21-7-9-23-47(45)51)38-16-10-15-37(33-38)41-25-12-32-53-52(41)49-24-11-14-35-13-2-3-17-39(35)49/h2-33H,1H3. The molecule has 10 aromatic rings. The summed E-state index contributed by atoms with van der Waals surface area (Å²) in [5.41, 5.74) is 13.1. The molecule has 0 saturated heterocycles. The molecule has 0 aliphatic heterocycles. The molecule has 53 heavy (non-hydrogen) atoms. The summed E-state index contributed by atoms with van der Waals surface area (Å²) in [6.45, 7) is 2.14. The third-order valence-corrected chi connectivity index (χ3v) is 10.8. The van der Waals surface area contributed by atoms with Crippen molar-refractivity contribution >= 4 is 43.1 Å². The van der Waals surface area contributed by atoms with Gasteiger partial charge in [-0.3, -0.25) is 4.98 Å². The summed E-state index contributed by atoms with van der Waals surface area (Å²) < 4.78 is 0. The van der Waals surface area contributed by atoms with Crippen LogP contribution in [0.2, 0.25) is 0 Å². The van der Waals surface area contributed by atoms with Crippen LogP contribution in [0.15, 0.2) is 194 Å². The number of rotatable bonds is 5. The summed E-state index contributed by atoms with van der Waals surface area (Å²) in [4.78, 5) is 4.98. The van der Waals surface area contributed by atoms with Crippen LogP contribution >= 0.6 is 0 Å². The Labute approximate surface area is 309 Å². The zero-order valence-electron chi connectivity index (χ0n) is 29.4. The molecule has 10 rings (SSSR count). The normalized spacial score (nSPS) is 11.5. The molecule has 0 aliphatic carbocycles. The Hall–Kier alpha value is -6.83. The minimum atomic E-state index is 0.993. The highest BCUT2D eigenvalue weighted by molar-refractivity contribution is 6.24. The van der Waals surface area contributed by atoms with Gasteiger partial charge in [-0.05, 0) is 101 Å². The molecular formula is C52H35N. The van der Waals surface area contributed by atoms with Crippen LogP contribution in [0.25, 0.3) is 98.9 Å². The molecule has 0 bridgehead atoms. The molecule has 1 heteroatoms. The van der Waals surface area contributed by atoms with E-state index in [1.807, 2.05) is 12.3 Å². The number of hydrogen-bond acceptors (Lipinski definition) is 1. The number of pyridine rings is 1. The van der Waals surface area contributed by atoms with Gasteiger partial charge in [0, 0.05) is 17.3 Å². The molecule has 248 valence electrons. The molecule has 9 aromatic carbocycles. The fourth-order valence-electron chi connectivity index (χ4n) is 8.36. The van der Waals surface area contributed by atoms with Crippen LogP contribution in [0.4, 0.5) is 0 Å². The van der Waals surface area contributed by atoms with Crippen LogP contribution in [0.1, 0.15) is 5.56 Å². The van der Waals surface area contributed by atoms with Gasteiger partial charge in [-0.2, -0.15) is 0 Å². The third-order valence-electron chi connectivity index (χ3n) is 10.8. The molecule has 0 amide bonds. The molecule has 1 heterocycles. The second-order valence-corrected chi connectivity index (χ2v) is 13.9. The van der Waals surface area contributed by atoms with E-state index in [0.29, 0.717) is 0 Å². The Morgan fingerprint density at radius 2 is 0.849 bits per heavy atom. The van der Waals surface area contributed by atoms with Gasteiger partial charge in [0.1, 0.15) is 0 Å². The lowest BCUT2D eigenvalue weighted by atomic mass is 9.83. The van der Waals surface area contributed by atoms with Crippen LogP contribution in [0.3, 0.4) is 0 Å². The lowest BCUT2D eigenvalue weighted by molar-refractivity contribution is 1.33. The topological polar surface area (TPSA) is 12.9 Å².